The number of likely N-dealkylation sites (tertiary alicyclic amines) is 1. The highest BCUT2D eigenvalue weighted by molar-refractivity contribution is 6.07. The molecule has 204 valence electrons. The number of pyridine rings is 1. The summed E-state index contributed by atoms with van der Waals surface area (Å²) in [6.07, 6.45) is 5.75. The molecule has 3 N–H and O–H groups in total. The monoisotopic (exact) mass is 529 g/mol. The van der Waals surface area contributed by atoms with E-state index >= 15 is 0 Å². The highest BCUT2D eigenvalue weighted by atomic mass is 16.5. The second-order valence-electron chi connectivity index (χ2n) is 10.7. The Morgan fingerprint density at radius 1 is 1.15 bits per heavy atom. The van der Waals surface area contributed by atoms with Gasteiger partial charge < -0.3 is 20.4 Å². The van der Waals surface area contributed by atoms with Gasteiger partial charge in [-0.2, -0.15) is 0 Å². The Balaban J connectivity index is 1.27. The molecule has 1 fully saturated rings. The number of rotatable bonds is 8. The van der Waals surface area contributed by atoms with E-state index in [4.69, 9.17) is 4.74 Å². The molecule has 0 aliphatic carbocycles. The van der Waals surface area contributed by atoms with Gasteiger partial charge in [0.2, 0.25) is 5.88 Å². The lowest BCUT2D eigenvalue weighted by molar-refractivity contribution is 0.0939. The van der Waals surface area contributed by atoms with Gasteiger partial charge in [-0.3, -0.25) is 19.2 Å². The Labute approximate surface area is 227 Å². The van der Waals surface area contributed by atoms with E-state index < -0.39 is 0 Å². The summed E-state index contributed by atoms with van der Waals surface area (Å²) in [5.74, 6) is 0.0422. The van der Waals surface area contributed by atoms with E-state index in [0.717, 1.165) is 35.3 Å². The van der Waals surface area contributed by atoms with Crippen LogP contribution < -0.4 is 15.4 Å². The average Bonchev–Trinajstić information content (AvgIpc) is 3.60. The number of benzene rings is 1. The van der Waals surface area contributed by atoms with Crippen LogP contribution >= 0.6 is 0 Å². The first-order valence-corrected chi connectivity index (χ1v) is 13.2. The first-order chi connectivity index (χ1) is 18.6. The fourth-order valence-electron chi connectivity index (χ4n) is 5.16. The number of ether oxygens (including phenoxy) is 1. The number of nitrogens with one attached hydrogen (secondary N) is 3. The number of aryl methyl sites for hydroxylation is 2. The second-order valence-corrected chi connectivity index (χ2v) is 10.7. The molecule has 0 radical (unpaired) electrons. The van der Waals surface area contributed by atoms with E-state index in [1.165, 1.54) is 19.0 Å². The van der Waals surface area contributed by atoms with E-state index in [9.17, 15) is 9.59 Å². The van der Waals surface area contributed by atoms with Gasteiger partial charge in [0.05, 0.1) is 23.9 Å². The molecular formula is C29H35N7O3. The predicted octanol–water partition coefficient (Wildman–Crippen LogP) is 4.14. The lowest BCUT2D eigenvalue weighted by Crippen LogP contribution is -2.43. The van der Waals surface area contributed by atoms with Crippen LogP contribution in [0.3, 0.4) is 0 Å². The van der Waals surface area contributed by atoms with E-state index in [-0.39, 0.29) is 17.4 Å². The minimum Gasteiger partial charge on any atom is -0.479 e. The topological polar surface area (TPSA) is 117 Å². The van der Waals surface area contributed by atoms with E-state index in [1.54, 1.807) is 30.0 Å². The molecule has 39 heavy (non-hydrogen) atoms. The van der Waals surface area contributed by atoms with Gasteiger partial charge in [-0.1, -0.05) is 6.07 Å². The van der Waals surface area contributed by atoms with Gasteiger partial charge in [-0.05, 0) is 70.0 Å². The average molecular weight is 530 g/mol. The number of hydrogen-bond acceptors (Lipinski definition) is 6. The molecule has 10 nitrogen and oxygen atoms in total. The summed E-state index contributed by atoms with van der Waals surface area (Å²) in [5, 5.41) is 11.0. The highest BCUT2D eigenvalue weighted by Crippen LogP contribution is 2.30. The Morgan fingerprint density at radius 2 is 1.97 bits per heavy atom. The van der Waals surface area contributed by atoms with Crippen molar-refractivity contribution in [2.45, 2.75) is 39.2 Å². The van der Waals surface area contributed by atoms with E-state index in [0.29, 0.717) is 34.9 Å². The summed E-state index contributed by atoms with van der Waals surface area (Å²) in [5.41, 5.74) is 4.79. The van der Waals surface area contributed by atoms with Crippen molar-refractivity contribution in [1.29, 1.82) is 0 Å². The van der Waals surface area contributed by atoms with Crippen LogP contribution in [0.1, 0.15) is 53.0 Å². The number of fused-ring (bicyclic) bond motifs is 1. The molecule has 4 aromatic rings. The van der Waals surface area contributed by atoms with Gasteiger partial charge >= 0.3 is 0 Å². The lowest BCUT2D eigenvalue weighted by Gasteiger charge is -2.31. The molecule has 1 aliphatic heterocycles. The molecule has 3 aromatic heterocycles. The largest absolute Gasteiger partial charge is 0.479 e. The van der Waals surface area contributed by atoms with Gasteiger partial charge in [0.25, 0.3) is 11.8 Å². The predicted molar refractivity (Wildman–Crippen MR) is 151 cm³/mol. The number of carbonyl (C=O) groups excluding carboxylic acids is 2. The Kier molecular flexibility index (Phi) is 7.14. The Hall–Kier alpha value is -4.18. The van der Waals surface area contributed by atoms with Crippen LogP contribution in [-0.4, -0.2) is 68.7 Å². The quantitative estimate of drug-likeness (QED) is 0.316. The first kappa shape index (κ1) is 26.4. The molecule has 0 atom stereocenters. The molecule has 1 saturated heterocycles. The third-order valence-electron chi connectivity index (χ3n) is 7.50. The minimum absolute atomic E-state index is 0.156. The first-order valence-electron chi connectivity index (χ1n) is 13.2. The summed E-state index contributed by atoms with van der Waals surface area (Å²) in [6, 6.07) is 9.04. The smallest absolute Gasteiger partial charge is 0.257 e. The van der Waals surface area contributed by atoms with Crippen molar-refractivity contribution in [3.63, 3.8) is 0 Å². The number of amides is 2. The van der Waals surface area contributed by atoms with Gasteiger partial charge in [-0.25, -0.2) is 4.98 Å². The van der Waals surface area contributed by atoms with Crippen LogP contribution in [0.25, 0.3) is 22.3 Å². The number of anilines is 1. The molecule has 0 spiro atoms. The van der Waals surface area contributed by atoms with Crippen LogP contribution in [0.5, 0.6) is 5.88 Å². The number of aromatic amines is 1. The molecule has 4 heterocycles. The number of aromatic nitrogens is 4. The van der Waals surface area contributed by atoms with Gasteiger partial charge in [0.1, 0.15) is 5.65 Å². The van der Waals surface area contributed by atoms with Gasteiger partial charge in [-0.15, -0.1) is 5.10 Å². The summed E-state index contributed by atoms with van der Waals surface area (Å²) < 4.78 is 7.05. The maximum atomic E-state index is 13.2. The summed E-state index contributed by atoms with van der Waals surface area (Å²) in [6.45, 7) is 8.85. The van der Waals surface area contributed by atoms with E-state index in [2.05, 4.69) is 44.4 Å². The molecule has 1 aromatic carbocycles. The van der Waals surface area contributed by atoms with Crippen LogP contribution in [0.4, 0.5) is 5.69 Å². The van der Waals surface area contributed by atoms with Gasteiger partial charge in [0.15, 0.2) is 0 Å². The number of nitrogens with zero attached hydrogens (tertiary/aromatic N) is 4. The summed E-state index contributed by atoms with van der Waals surface area (Å²) in [7, 11) is 3.40. The molecule has 0 bridgehead atoms. The molecule has 1 aliphatic rings. The van der Waals surface area contributed by atoms with Crippen molar-refractivity contribution >= 4 is 28.5 Å². The SMILES string of the molecule is COc1nn(C)cc1-c1cc2cc(C(=O)Nc3cc(C(=O)NCCN4CCCC4(C)C)ccc3C)cnc2[nH]1. The third-order valence-corrected chi connectivity index (χ3v) is 7.50. The van der Waals surface area contributed by atoms with Crippen LogP contribution in [0.2, 0.25) is 0 Å². The number of hydrogen-bond donors (Lipinski definition) is 3. The maximum Gasteiger partial charge on any atom is 0.257 e. The maximum absolute atomic E-state index is 13.2. The van der Waals surface area contributed by atoms with Crippen molar-refractivity contribution in [3.05, 3.63) is 59.4 Å². The molecule has 10 heteroatoms. The normalized spacial score (nSPS) is 15.0. The Morgan fingerprint density at radius 3 is 2.72 bits per heavy atom. The lowest BCUT2D eigenvalue weighted by atomic mass is 10.0. The standard InChI is InChI=1S/C29H35N7O3/c1-18-7-8-19(26(37)30-10-12-36-11-6-9-29(36,2)3)14-23(18)33-27(38)21-13-20-15-24(32-25(20)31-16-21)22-17-35(4)34-28(22)39-5/h7-8,13-17H,6,9-12H2,1-5H3,(H,30,37)(H,31,32)(H,33,38). The van der Waals surface area contributed by atoms with Crippen molar-refractivity contribution in [2.75, 3.05) is 32.1 Å². The minimum atomic E-state index is -0.303. The number of H-pyrrole nitrogens is 1. The zero-order valence-corrected chi connectivity index (χ0v) is 23.1. The molecule has 5 rings (SSSR count). The fraction of sp³-hybridized carbons (Fsp3) is 0.379. The highest BCUT2D eigenvalue weighted by Gasteiger charge is 2.31. The number of methoxy groups -OCH3 is 1. The van der Waals surface area contributed by atoms with Crippen molar-refractivity contribution < 1.29 is 14.3 Å². The van der Waals surface area contributed by atoms with E-state index in [1.807, 2.05) is 32.3 Å². The van der Waals surface area contributed by atoms with Crippen LogP contribution in [0, 0.1) is 6.92 Å². The second kappa shape index (κ2) is 10.5. The van der Waals surface area contributed by atoms with Crippen LogP contribution in [-0.2, 0) is 7.05 Å². The Bertz CT molecular complexity index is 1540. The molecular weight excluding hydrogens is 494 g/mol. The number of carbonyl (C=O) groups is 2. The zero-order chi connectivity index (χ0) is 27.7. The van der Waals surface area contributed by atoms with Crippen molar-refractivity contribution in [3.8, 4) is 17.1 Å². The third kappa shape index (κ3) is 5.51. The fourth-order valence-corrected chi connectivity index (χ4v) is 5.16. The summed E-state index contributed by atoms with van der Waals surface area (Å²) >= 11 is 0. The van der Waals surface area contributed by atoms with Crippen molar-refractivity contribution in [2.24, 2.45) is 7.05 Å². The summed E-state index contributed by atoms with van der Waals surface area (Å²) in [4.78, 5) is 36.1. The van der Waals surface area contributed by atoms with Gasteiger partial charge in [0, 0.05) is 54.7 Å². The molecule has 2 amide bonds. The zero-order valence-electron chi connectivity index (χ0n) is 23.1. The molecule has 0 saturated carbocycles. The molecule has 0 unspecified atom stereocenters. The van der Waals surface area contributed by atoms with Crippen LogP contribution in [0.15, 0.2) is 42.7 Å². The van der Waals surface area contributed by atoms with Crippen molar-refractivity contribution in [1.82, 2.24) is 30.0 Å².